The highest BCUT2D eigenvalue weighted by Crippen LogP contribution is 2.32. The zero-order valence-corrected chi connectivity index (χ0v) is 14.0. The highest BCUT2D eigenvalue weighted by molar-refractivity contribution is 7.99. The van der Waals surface area contributed by atoms with E-state index in [1.807, 2.05) is 42.5 Å². The van der Waals surface area contributed by atoms with Gasteiger partial charge in [-0.15, -0.1) is 0 Å². The van der Waals surface area contributed by atoms with Crippen molar-refractivity contribution in [2.45, 2.75) is 9.79 Å². The molecule has 0 aliphatic carbocycles. The largest absolute Gasteiger partial charge is 0.508 e. The van der Waals surface area contributed by atoms with Gasteiger partial charge in [0.2, 0.25) is 5.89 Å². The molecule has 118 valence electrons. The molecule has 0 bridgehead atoms. The average molecular weight is 354 g/mol. The van der Waals surface area contributed by atoms with E-state index in [4.69, 9.17) is 16.0 Å². The summed E-state index contributed by atoms with van der Waals surface area (Å²) in [7, 11) is 0. The number of aromatic nitrogens is 1. The molecule has 1 aromatic heterocycles. The Morgan fingerprint density at radius 1 is 0.875 bits per heavy atom. The maximum Gasteiger partial charge on any atom is 0.227 e. The van der Waals surface area contributed by atoms with Gasteiger partial charge < -0.3 is 9.52 Å². The number of benzene rings is 3. The van der Waals surface area contributed by atoms with Gasteiger partial charge in [-0.25, -0.2) is 4.98 Å². The molecule has 0 atom stereocenters. The van der Waals surface area contributed by atoms with Crippen molar-refractivity contribution in [3.05, 3.63) is 71.8 Å². The first kappa shape index (κ1) is 15.1. The van der Waals surface area contributed by atoms with E-state index in [1.54, 1.807) is 36.0 Å². The molecule has 4 rings (SSSR count). The van der Waals surface area contributed by atoms with Crippen LogP contribution in [0.1, 0.15) is 0 Å². The van der Waals surface area contributed by atoms with E-state index in [1.165, 1.54) is 0 Å². The topological polar surface area (TPSA) is 46.3 Å². The lowest BCUT2D eigenvalue weighted by Gasteiger charge is -2.01. The van der Waals surface area contributed by atoms with Gasteiger partial charge in [-0.3, -0.25) is 0 Å². The Kier molecular flexibility index (Phi) is 3.92. The maximum atomic E-state index is 9.38. The van der Waals surface area contributed by atoms with Gasteiger partial charge in [0.25, 0.3) is 0 Å². The van der Waals surface area contributed by atoms with Crippen LogP contribution in [0.25, 0.3) is 22.6 Å². The third kappa shape index (κ3) is 3.11. The number of nitrogens with zero attached hydrogens (tertiary/aromatic N) is 1. The number of oxazole rings is 1. The molecule has 24 heavy (non-hydrogen) atoms. The Balaban J connectivity index is 1.65. The summed E-state index contributed by atoms with van der Waals surface area (Å²) >= 11 is 7.55. The molecule has 3 nitrogen and oxygen atoms in total. The summed E-state index contributed by atoms with van der Waals surface area (Å²) in [5.74, 6) is 0.759. The highest BCUT2D eigenvalue weighted by atomic mass is 35.5. The van der Waals surface area contributed by atoms with Gasteiger partial charge in [-0.2, -0.15) is 0 Å². The Morgan fingerprint density at radius 2 is 1.58 bits per heavy atom. The summed E-state index contributed by atoms with van der Waals surface area (Å²) in [5.41, 5.74) is 2.37. The van der Waals surface area contributed by atoms with Crippen LogP contribution in [0.15, 0.2) is 80.9 Å². The standard InChI is InChI=1S/C19H12ClNO2S/c20-13-3-7-15(8-4-13)24-16-9-10-17-18(11-16)23-19(21-17)12-1-5-14(22)6-2-12/h1-11,22H. The highest BCUT2D eigenvalue weighted by Gasteiger charge is 2.09. The Morgan fingerprint density at radius 3 is 2.33 bits per heavy atom. The van der Waals surface area contributed by atoms with Crippen LogP contribution >= 0.6 is 23.4 Å². The molecule has 0 aliphatic heterocycles. The second kappa shape index (κ2) is 6.23. The van der Waals surface area contributed by atoms with Crippen LogP contribution in [0.4, 0.5) is 0 Å². The smallest absolute Gasteiger partial charge is 0.227 e. The van der Waals surface area contributed by atoms with E-state index in [2.05, 4.69) is 4.98 Å². The molecule has 0 saturated carbocycles. The van der Waals surface area contributed by atoms with E-state index in [-0.39, 0.29) is 5.75 Å². The summed E-state index contributed by atoms with van der Waals surface area (Å²) < 4.78 is 5.86. The summed E-state index contributed by atoms with van der Waals surface area (Å²) in [5, 5.41) is 10.1. The number of hydrogen-bond acceptors (Lipinski definition) is 4. The fourth-order valence-corrected chi connectivity index (χ4v) is 3.31. The van der Waals surface area contributed by atoms with Crippen molar-refractivity contribution in [2.75, 3.05) is 0 Å². The van der Waals surface area contributed by atoms with Crippen molar-refractivity contribution in [3.63, 3.8) is 0 Å². The Labute approximate surface area is 147 Å². The number of aromatic hydroxyl groups is 1. The molecule has 0 unspecified atom stereocenters. The van der Waals surface area contributed by atoms with Crippen LogP contribution in [-0.2, 0) is 0 Å². The predicted octanol–water partition coefficient (Wildman–Crippen LogP) is 6.01. The number of phenolic OH excluding ortho intramolecular Hbond substituents is 1. The van der Waals surface area contributed by atoms with Gasteiger partial charge in [0.15, 0.2) is 5.58 Å². The lowest BCUT2D eigenvalue weighted by molar-refractivity contribution is 0.475. The molecule has 0 amide bonds. The molecule has 5 heteroatoms. The van der Waals surface area contributed by atoms with Gasteiger partial charge in [-0.05, 0) is 66.7 Å². The summed E-state index contributed by atoms with van der Waals surface area (Å²) in [6, 6.07) is 20.5. The minimum Gasteiger partial charge on any atom is -0.508 e. The molecule has 0 fully saturated rings. The molecule has 0 spiro atoms. The summed E-state index contributed by atoms with van der Waals surface area (Å²) in [6.45, 7) is 0. The van der Waals surface area contributed by atoms with Crippen LogP contribution < -0.4 is 0 Å². The second-order valence-electron chi connectivity index (χ2n) is 5.25. The number of phenols is 1. The van der Waals surface area contributed by atoms with Gasteiger partial charge in [0.1, 0.15) is 11.3 Å². The number of halogens is 1. The van der Waals surface area contributed by atoms with Crippen LogP contribution in [-0.4, -0.2) is 10.1 Å². The third-order valence-electron chi connectivity index (χ3n) is 3.52. The fourth-order valence-electron chi connectivity index (χ4n) is 2.33. The first-order valence-electron chi connectivity index (χ1n) is 7.31. The quantitative estimate of drug-likeness (QED) is 0.490. The molecule has 3 aromatic carbocycles. The van der Waals surface area contributed by atoms with E-state index in [0.29, 0.717) is 5.89 Å². The molecule has 4 aromatic rings. The lowest BCUT2D eigenvalue weighted by Crippen LogP contribution is -1.76. The van der Waals surface area contributed by atoms with Crippen LogP contribution in [0.2, 0.25) is 5.02 Å². The summed E-state index contributed by atoms with van der Waals surface area (Å²) in [4.78, 5) is 6.67. The zero-order valence-electron chi connectivity index (χ0n) is 12.4. The summed E-state index contributed by atoms with van der Waals surface area (Å²) in [6.07, 6.45) is 0. The van der Waals surface area contributed by atoms with E-state index < -0.39 is 0 Å². The normalized spacial score (nSPS) is 11.0. The van der Waals surface area contributed by atoms with Crippen LogP contribution in [0.3, 0.4) is 0 Å². The van der Waals surface area contributed by atoms with Gasteiger partial charge in [0, 0.05) is 20.4 Å². The van der Waals surface area contributed by atoms with Crippen molar-refractivity contribution >= 4 is 34.5 Å². The third-order valence-corrected chi connectivity index (χ3v) is 4.77. The number of hydrogen-bond donors (Lipinski definition) is 1. The fraction of sp³-hybridized carbons (Fsp3) is 0. The van der Waals surface area contributed by atoms with Crippen molar-refractivity contribution in [1.29, 1.82) is 0 Å². The SMILES string of the molecule is Oc1ccc(-c2nc3ccc(Sc4ccc(Cl)cc4)cc3o2)cc1. The van der Waals surface area contributed by atoms with Crippen molar-refractivity contribution in [3.8, 4) is 17.2 Å². The van der Waals surface area contributed by atoms with Crippen molar-refractivity contribution < 1.29 is 9.52 Å². The number of fused-ring (bicyclic) bond motifs is 1. The van der Waals surface area contributed by atoms with E-state index in [9.17, 15) is 5.11 Å². The zero-order chi connectivity index (χ0) is 16.5. The average Bonchev–Trinajstić information content (AvgIpc) is 3.01. The van der Waals surface area contributed by atoms with Crippen LogP contribution in [0, 0.1) is 0 Å². The molecular weight excluding hydrogens is 342 g/mol. The predicted molar refractivity (Wildman–Crippen MR) is 96.7 cm³/mol. The first-order valence-corrected chi connectivity index (χ1v) is 8.50. The lowest BCUT2D eigenvalue weighted by atomic mass is 10.2. The van der Waals surface area contributed by atoms with Crippen LogP contribution in [0.5, 0.6) is 5.75 Å². The maximum absolute atomic E-state index is 9.38. The van der Waals surface area contributed by atoms with Gasteiger partial charge in [0.05, 0.1) is 0 Å². The molecule has 1 heterocycles. The molecular formula is C19H12ClNO2S. The van der Waals surface area contributed by atoms with Crippen molar-refractivity contribution in [1.82, 2.24) is 4.98 Å². The first-order chi connectivity index (χ1) is 11.7. The second-order valence-corrected chi connectivity index (χ2v) is 6.83. The molecule has 0 saturated heterocycles. The number of rotatable bonds is 3. The van der Waals surface area contributed by atoms with E-state index >= 15 is 0 Å². The molecule has 0 radical (unpaired) electrons. The minimum absolute atomic E-state index is 0.219. The Bertz CT molecular complexity index is 994. The molecule has 1 N–H and O–H groups in total. The molecule has 0 aliphatic rings. The van der Waals surface area contributed by atoms with Gasteiger partial charge in [-0.1, -0.05) is 23.4 Å². The van der Waals surface area contributed by atoms with Gasteiger partial charge >= 0.3 is 0 Å². The van der Waals surface area contributed by atoms with E-state index in [0.717, 1.165) is 31.5 Å². The minimum atomic E-state index is 0.219. The Hall–Kier alpha value is -2.43. The van der Waals surface area contributed by atoms with Crippen molar-refractivity contribution in [2.24, 2.45) is 0 Å². The monoisotopic (exact) mass is 353 g/mol.